The summed E-state index contributed by atoms with van der Waals surface area (Å²) in [5.74, 6) is 1.15. The van der Waals surface area contributed by atoms with Crippen molar-refractivity contribution in [3.05, 3.63) is 30.3 Å². The molecule has 0 saturated carbocycles. The molecule has 0 saturated heterocycles. The Labute approximate surface area is 159 Å². The largest absolute Gasteiger partial charge is 0.327 e. The number of hydrogen-bond acceptors (Lipinski definition) is 2. The van der Waals surface area contributed by atoms with Gasteiger partial charge < -0.3 is 4.90 Å². The van der Waals surface area contributed by atoms with Gasteiger partial charge in [-0.3, -0.25) is 0 Å². The van der Waals surface area contributed by atoms with Crippen LogP contribution in [0.1, 0.15) is 78.1 Å². The van der Waals surface area contributed by atoms with Gasteiger partial charge in [0.15, 0.2) is 0 Å². The third-order valence-electron chi connectivity index (χ3n) is 4.25. The zero-order chi connectivity index (χ0) is 17.5. The molecule has 0 aliphatic heterocycles. The van der Waals surface area contributed by atoms with Crippen LogP contribution in [-0.4, -0.2) is 16.6 Å². The highest BCUT2D eigenvalue weighted by Crippen LogP contribution is 2.22. The fourth-order valence-electron chi connectivity index (χ4n) is 2.75. The Morgan fingerprint density at radius 3 is 2.04 bits per heavy atom. The Kier molecular flexibility index (Phi) is 13.2. The second-order valence-corrected chi connectivity index (χ2v) is 8.16. The van der Waals surface area contributed by atoms with Gasteiger partial charge >= 0.3 is 0 Å². The van der Waals surface area contributed by atoms with Crippen molar-refractivity contribution in [2.75, 3.05) is 17.2 Å². The van der Waals surface area contributed by atoms with E-state index in [1.807, 2.05) is 11.8 Å². The molecular formula is C21H35NS2. The number of thiocarbonyl (C=S) groups is 1. The number of anilines is 1. The van der Waals surface area contributed by atoms with Gasteiger partial charge in [0.05, 0.1) is 0 Å². The highest BCUT2D eigenvalue weighted by atomic mass is 32.2. The summed E-state index contributed by atoms with van der Waals surface area (Å²) in [7, 11) is 0. The van der Waals surface area contributed by atoms with E-state index in [0.717, 1.165) is 16.6 Å². The zero-order valence-corrected chi connectivity index (χ0v) is 17.3. The lowest BCUT2D eigenvalue weighted by Gasteiger charge is -2.25. The van der Waals surface area contributed by atoms with Gasteiger partial charge in [0.25, 0.3) is 0 Å². The van der Waals surface area contributed by atoms with E-state index in [2.05, 4.69) is 49.1 Å². The first-order chi connectivity index (χ1) is 11.8. The van der Waals surface area contributed by atoms with Gasteiger partial charge in [-0.05, 0) is 25.0 Å². The van der Waals surface area contributed by atoms with E-state index in [1.165, 1.54) is 69.9 Å². The van der Waals surface area contributed by atoms with Crippen molar-refractivity contribution in [2.45, 2.75) is 78.1 Å². The Hall–Kier alpha value is -0.540. The molecular weight excluding hydrogens is 330 g/mol. The second-order valence-electron chi connectivity index (χ2n) is 6.43. The lowest BCUT2D eigenvalue weighted by Crippen LogP contribution is -2.28. The van der Waals surface area contributed by atoms with E-state index < -0.39 is 0 Å². The first-order valence-corrected chi connectivity index (χ1v) is 11.2. The van der Waals surface area contributed by atoms with Crippen LogP contribution >= 0.6 is 24.0 Å². The van der Waals surface area contributed by atoms with Gasteiger partial charge in [-0.1, -0.05) is 107 Å². The molecule has 0 amide bonds. The maximum atomic E-state index is 5.75. The highest BCUT2D eigenvalue weighted by Gasteiger charge is 2.12. The van der Waals surface area contributed by atoms with Crippen molar-refractivity contribution in [3.8, 4) is 0 Å². The SMILES string of the molecule is CCCCCCCSC(=S)N(CCCCCCC)c1ccccc1. The zero-order valence-electron chi connectivity index (χ0n) is 15.6. The molecule has 0 heterocycles. The molecule has 0 unspecified atom stereocenters. The average Bonchev–Trinajstić information content (AvgIpc) is 2.61. The van der Waals surface area contributed by atoms with E-state index in [1.54, 1.807) is 0 Å². The van der Waals surface area contributed by atoms with Crippen molar-refractivity contribution in [1.29, 1.82) is 0 Å². The maximum Gasteiger partial charge on any atom is 0.140 e. The fourth-order valence-corrected chi connectivity index (χ4v) is 4.07. The number of benzene rings is 1. The van der Waals surface area contributed by atoms with E-state index in [0.29, 0.717) is 0 Å². The monoisotopic (exact) mass is 365 g/mol. The molecule has 3 heteroatoms. The van der Waals surface area contributed by atoms with Crippen LogP contribution in [-0.2, 0) is 0 Å². The minimum absolute atomic E-state index is 1.05. The normalized spacial score (nSPS) is 10.8. The number of rotatable bonds is 13. The predicted octanol–water partition coefficient (Wildman–Crippen LogP) is 7.45. The van der Waals surface area contributed by atoms with Crippen LogP contribution < -0.4 is 4.90 Å². The first kappa shape index (κ1) is 21.5. The summed E-state index contributed by atoms with van der Waals surface area (Å²) in [5, 5.41) is 0. The minimum atomic E-state index is 1.05. The van der Waals surface area contributed by atoms with Gasteiger partial charge in [0.2, 0.25) is 0 Å². The fraction of sp³-hybridized carbons (Fsp3) is 0.667. The highest BCUT2D eigenvalue weighted by molar-refractivity contribution is 8.23. The molecule has 136 valence electrons. The van der Waals surface area contributed by atoms with Crippen molar-refractivity contribution < 1.29 is 0 Å². The summed E-state index contributed by atoms with van der Waals surface area (Å²) in [4.78, 5) is 2.35. The number of para-hydroxylation sites is 1. The van der Waals surface area contributed by atoms with Crippen molar-refractivity contribution >= 4 is 34.0 Å². The molecule has 0 atom stereocenters. The van der Waals surface area contributed by atoms with Gasteiger partial charge in [0, 0.05) is 18.0 Å². The van der Waals surface area contributed by atoms with E-state index in [4.69, 9.17) is 12.2 Å². The van der Waals surface area contributed by atoms with Crippen LogP contribution in [0, 0.1) is 0 Å². The number of unbranched alkanes of at least 4 members (excludes halogenated alkanes) is 8. The Morgan fingerprint density at radius 2 is 1.42 bits per heavy atom. The number of thioether (sulfide) groups is 1. The summed E-state index contributed by atoms with van der Waals surface area (Å²) in [6.07, 6.45) is 13.2. The molecule has 1 rings (SSSR count). The van der Waals surface area contributed by atoms with Crippen molar-refractivity contribution in [3.63, 3.8) is 0 Å². The van der Waals surface area contributed by atoms with Crippen LogP contribution in [0.4, 0.5) is 5.69 Å². The summed E-state index contributed by atoms with van der Waals surface area (Å²) >= 11 is 7.61. The Bertz CT molecular complexity index is 419. The second kappa shape index (κ2) is 14.8. The van der Waals surface area contributed by atoms with Crippen molar-refractivity contribution in [1.82, 2.24) is 0 Å². The predicted molar refractivity (Wildman–Crippen MR) is 116 cm³/mol. The molecule has 0 aliphatic carbocycles. The molecule has 0 bridgehead atoms. The molecule has 0 aromatic heterocycles. The van der Waals surface area contributed by atoms with E-state index >= 15 is 0 Å². The molecule has 1 aromatic rings. The molecule has 24 heavy (non-hydrogen) atoms. The lowest BCUT2D eigenvalue weighted by molar-refractivity contribution is 0.637. The molecule has 1 nitrogen and oxygen atoms in total. The molecule has 0 radical (unpaired) electrons. The van der Waals surface area contributed by atoms with Gasteiger partial charge in [-0.15, -0.1) is 0 Å². The number of nitrogens with zero attached hydrogens (tertiary/aromatic N) is 1. The van der Waals surface area contributed by atoms with E-state index in [9.17, 15) is 0 Å². The average molecular weight is 366 g/mol. The number of hydrogen-bond donors (Lipinski definition) is 0. The molecule has 0 aliphatic rings. The maximum absolute atomic E-state index is 5.75. The van der Waals surface area contributed by atoms with Crippen LogP contribution in [0.25, 0.3) is 0 Å². The van der Waals surface area contributed by atoms with Gasteiger partial charge in [0.1, 0.15) is 4.32 Å². The van der Waals surface area contributed by atoms with Crippen LogP contribution in [0.2, 0.25) is 0 Å². The van der Waals surface area contributed by atoms with Crippen molar-refractivity contribution in [2.24, 2.45) is 0 Å². The smallest absolute Gasteiger partial charge is 0.140 e. The van der Waals surface area contributed by atoms with E-state index in [-0.39, 0.29) is 0 Å². The third-order valence-corrected chi connectivity index (χ3v) is 5.78. The minimum Gasteiger partial charge on any atom is -0.327 e. The topological polar surface area (TPSA) is 3.24 Å². The quantitative estimate of drug-likeness (QED) is 0.264. The summed E-state index contributed by atoms with van der Waals surface area (Å²) < 4.78 is 1.05. The first-order valence-electron chi connectivity index (χ1n) is 9.79. The molecule has 1 aromatic carbocycles. The summed E-state index contributed by atoms with van der Waals surface area (Å²) in [6.45, 7) is 5.58. The molecule has 0 N–H and O–H groups in total. The standard InChI is InChI=1S/C21H35NS2/c1-3-5-7-9-14-18-22(20-16-12-11-13-17-20)21(23)24-19-15-10-8-6-4-2/h11-13,16-17H,3-10,14-15,18-19H2,1-2H3. The Morgan fingerprint density at radius 1 is 0.833 bits per heavy atom. The van der Waals surface area contributed by atoms with Crippen LogP contribution in [0.5, 0.6) is 0 Å². The third kappa shape index (κ3) is 9.68. The molecule has 0 spiro atoms. The molecule has 0 fully saturated rings. The summed E-state index contributed by atoms with van der Waals surface area (Å²) in [6, 6.07) is 10.7. The van der Waals surface area contributed by atoms with Crippen LogP contribution in [0.3, 0.4) is 0 Å². The Balaban J connectivity index is 2.41. The van der Waals surface area contributed by atoms with Gasteiger partial charge in [-0.25, -0.2) is 0 Å². The summed E-state index contributed by atoms with van der Waals surface area (Å²) in [5.41, 5.74) is 1.25. The van der Waals surface area contributed by atoms with Crippen LogP contribution in [0.15, 0.2) is 30.3 Å². The lowest BCUT2D eigenvalue weighted by atomic mass is 10.1. The van der Waals surface area contributed by atoms with Gasteiger partial charge in [-0.2, -0.15) is 0 Å².